The summed E-state index contributed by atoms with van der Waals surface area (Å²) in [4.78, 5) is 17.8. The number of nitrogens with zero attached hydrogens (tertiary/aromatic N) is 2. The smallest absolute Gasteiger partial charge is 0.277 e. The van der Waals surface area contributed by atoms with E-state index in [-0.39, 0.29) is 11.9 Å². The normalized spacial score (nSPS) is 21.6. The molecule has 0 bridgehead atoms. The van der Waals surface area contributed by atoms with Crippen molar-refractivity contribution in [2.45, 2.75) is 43.0 Å². The summed E-state index contributed by atoms with van der Waals surface area (Å²) in [7, 11) is 1.89. The van der Waals surface area contributed by atoms with Crippen LogP contribution >= 0.6 is 24.0 Å². The molecule has 23 heavy (non-hydrogen) atoms. The number of thiocarbonyl (C=S) groups is 1. The number of thioether (sulfide) groups is 1. The molecule has 2 aliphatic rings. The van der Waals surface area contributed by atoms with E-state index in [2.05, 4.69) is 18.4 Å². The summed E-state index contributed by atoms with van der Waals surface area (Å²) in [6, 6.07) is 8.52. The van der Waals surface area contributed by atoms with Crippen LogP contribution in [0.1, 0.15) is 37.7 Å². The third-order valence-electron chi connectivity index (χ3n) is 4.65. The lowest BCUT2D eigenvalue weighted by atomic mass is 9.94. The molecule has 1 aromatic carbocycles. The van der Waals surface area contributed by atoms with E-state index in [1.165, 1.54) is 24.2 Å². The van der Waals surface area contributed by atoms with E-state index in [1.54, 1.807) is 11.8 Å². The second kappa shape index (κ2) is 7.05. The molecule has 1 aromatic rings. The Morgan fingerprint density at radius 3 is 2.43 bits per heavy atom. The Hall–Kier alpha value is -1.33. The second-order valence-electron chi connectivity index (χ2n) is 6.11. The van der Waals surface area contributed by atoms with Crippen LogP contribution in [0, 0.1) is 0 Å². The lowest BCUT2D eigenvalue weighted by molar-refractivity contribution is -0.124. The molecular weight excluding hydrogens is 324 g/mol. The van der Waals surface area contributed by atoms with E-state index in [4.69, 9.17) is 12.2 Å². The van der Waals surface area contributed by atoms with Gasteiger partial charge in [0.25, 0.3) is 5.91 Å². The second-order valence-corrected chi connectivity index (χ2v) is 7.36. The fourth-order valence-corrected chi connectivity index (χ4v) is 4.03. The summed E-state index contributed by atoms with van der Waals surface area (Å²) < 4.78 is 0. The summed E-state index contributed by atoms with van der Waals surface area (Å²) in [5, 5.41) is 0.647. The zero-order valence-corrected chi connectivity index (χ0v) is 15.3. The Morgan fingerprint density at radius 2 is 1.83 bits per heavy atom. The zero-order chi connectivity index (χ0) is 16.4. The molecule has 1 saturated carbocycles. The third kappa shape index (κ3) is 3.31. The zero-order valence-electron chi connectivity index (χ0n) is 13.6. The van der Waals surface area contributed by atoms with Gasteiger partial charge in [0.1, 0.15) is 5.70 Å². The highest BCUT2D eigenvalue weighted by Gasteiger charge is 2.40. The minimum atomic E-state index is 0.0540. The average Bonchev–Trinajstić information content (AvgIpc) is 2.80. The topological polar surface area (TPSA) is 23.6 Å². The SMILES string of the molecule is CSc1ccc(/C=C2/C(=O)N(C3CCCCC3)C(=S)N2C)cc1. The van der Waals surface area contributed by atoms with Crippen molar-refractivity contribution in [3.8, 4) is 0 Å². The van der Waals surface area contributed by atoms with Crippen LogP contribution in [0.25, 0.3) is 6.08 Å². The van der Waals surface area contributed by atoms with E-state index >= 15 is 0 Å². The first-order valence-corrected chi connectivity index (χ1v) is 9.72. The van der Waals surface area contributed by atoms with Crippen molar-refractivity contribution >= 4 is 41.1 Å². The molecule has 0 spiro atoms. The van der Waals surface area contributed by atoms with Gasteiger partial charge in [-0.1, -0.05) is 31.4 Å². The standard InChI is InChI=1S/C18H22N2OS2/c1-19-16(12-13-8-10-15(23-2)11-9-13)17(21)20(18(19)22)14-6-4-3-5-7-14/h8-12,14H,3-7H2,1-2H3/b16-12-. The van der Waals surface area contributed by atoms with Crippen molar-refractivity contribution in [3.05, 3.63) is 35.5 Å². The van der Waals surface area contributed by atoms with Gasteiger partial charge in [-0.05, 0) is 55.1 Å². The lowest BCUT2D eigenvalue weighted by Gasteiger charge is -2.30. The van der Waals surface area contributed by atoms with Gasteiger partial charge in [-0.25, -0.2) is 0 Å². The van der Waals surface area contributed by atoms with E-state index < -0.39 is 0 Å². The predicted octanol–water partition coefficient (Wildman–Crippen LogP) is 4.14. The molecule has 0 aromatic heterocycles. The maximum Gasteiger partial charge on any atom is 0.277 e. The van der Waals surface area contributed by atoms with Crippen molar-refractivity contribution in [3.63, 3.8) is 0 Å². The third-order valence-corrected chi connectivity index (χ3v) is 5.87. The van der Waals surface area contributed by atoms with E-state index in [0.717, 1.165) is 18.4 Å². The minimum Gasteiger partial charge on any atom is -0.317 e. The van der Waals surface area contributed by atoms with Gasteiger partial charge < -0.3 is 4.90 Å². The Bertz CT molecular complexity index is 633. The molecule has 5 heteroatoms. The van der Waals surface area contributed by atoms with Gasteiger partial charge in [0.05, 0.1) is 0 Å². The van der Waals surface area contributed by atoms with Crippen LogP contribution in [-0.2, 0) is 4.79 Å². The summed E-state index contributed by atoms with van der Waals surface area (Å²) in [5.74, 6) is 0.0540. The maximum atomic E-state index is 12.9. The molecule has 2 fully saturated rings. The number of hydrogen-bond donors (Lipinski definition) is 0. The largest absolute Gasteiger partial charge is 0.317 e. The summed E-state index contributed by atoms with van der Waals surface area (Å²) in [5.41, 5.74) is 1.71. The van der Waals surface area contributed by atoms with E-state index in [9.17, 15) is 4.79 Å². The fraction of sp³-hybridized carbons (Fsp3) is 0.444. The summed E-state index contributed by atoms with van der Waals surface area (Å²) in [6.07, 6.45) is 9.78. The van der Waals surface area contributed by atoms with Crippen molar-refractivity contribution < 1.29 is 4.79 Å². The first-order valence-electron chi connectivity index (χ1n) is 8.09. The molecule has 1 aliphatic carbocycles. The summed E-state index contributed by atoms with van der Waals surface area (Å²) >= 11 is 7.25. The molecular formula is C18H22N2OS2. The molecule has 0 radical (unpaired) electrons. The molecule has 1 heterocycles. The van der Waals surface area contributed by atoms with Crippen LogP contribution in [0.3, 0.4) is 0 Å². The predicted molar refractivity (Wildman–Crippen MR) is 100 cm³/mol. The summed E-state index contributed by atoms with van der Waals surface area (Å²) in [6.45, 7) is 0. The number of likely N-dealkylation sites (N-methyl/N-ethyl adjacent to an activating group) is 1. The van der Waals surface area contributed by atoms with Crippen LogP contribution in [0.2, 0.25) is 0 Å². The number of benzene rings is 1. The van der Waals surface area contributed by atoms with Gasteiger partial charge in [-0.15, -0.1) is 11.8 Å². The quantitative estimate of drug-likeness (QED) is 0.466. The number of carbonyl (C=O) groups excluding carboxylic acids is 1. The molecule has 0 atom stereocenters. The van der Waals surface area contributed by atoms with Crippen molar-refractivity contribution in [2.75, 3.05) is 13.3 Å². The number of carbonyl (C=O) groups is 1. The first-order chi connectivity index (χ1) is 11.1. The van der Waals surface area contributed by atoms with E-state index in [0.29, 0.717) is 10.8 Å². The Kier molecular flexibility index (Phi) is 5.07. The highest BCUT2D eigenvalue weighted by molar-refractivity contribution is 7.98. The molecule has 1 amide bonds. The van der Waals surface area contributed by atoms with Crippen LogP contribution in [0.4, 0.5) is 0 Å². The van der Waals surface area contributed by atoms with Gasteiger partial charge in [-0.2, -0.15) is 0 Å². The maximum absolute atomic E-state index is 12.9. The minimum absolute atomic E-state index is 0.0540. The Labute approximate surface area is 147 Å². The molecule has 0 unspecified atom stereocenters. The monoisotopic (exact) mass is 346 g/mol. The molecule has 0 N–H and O–H groups in total. The van der Waals surface area contributed by atoms with Crippen LogP contribution in [0.5, 0.6) is 0 Å². The van der Waals surface area contributed by atoms with Gasteiger partial charge in [-0.3, -0.25) is 9.69 Å². The van der Waals surface area contributed by atoms with E-state index in [1.807, 2.05) is 35.1 Å². The number of hydrogen-bond acceptors (Lipinski definition) is 3. The van der Waals surface area contributed by atoms with Gasteiger partial charge in [0.15, 0.2) is 5.11 Å². The van der Waals surface area contributed by atoms with Crippen LogP contribution < -0.4 is 0 Å². The molecule has 3 nitrogen and oxygen atoms in total. The molecule has 122 valence electrons. The Morgan fingerprint density at radius 1 is 1.17 bits per heavy atom. The van der Waals surface area contributed by atoms with Crippen LogP contribution in [-0.4, -0.2) is 40.2 Å². The van der Waals surface area contributed by atoms with Crippen molar-refractivity contribution in [1.82, 2.24) is 9.80 Å². The fourth-order valence-electron chi connectivity index (χ4n) is 3.30. The number of amides is 1. The van der Waals surface area contributed by atoms with Crippen molar-refractivity contribution in [2.24, 2.45) is 0 Å². The van der Waals surface area contributed by atoms with Gasteiger partial charge in [0.2, 0.25) is 0 Å². The Balaban J connectivity index is 1.85. The number of rotatable bonds is 3. The molecule has 1 aliphatic heterocycles. The lowest BCUT2D eigenvalue weighted by Crippen LogP contribution is -2.41. The molecule has 3 rings (SSSR count). The average molecular weight is 347 g/mol. The van der Waals surface area contributed by atoms with Gasteiger partial charge in [0, 0.05) is 18.0 Å². The first kappa shape index (κ1) is 16.5. The highest BCUT2D eigenvalue weighted by Crippen LogP contribution is 2.30. The van der Waals surface area contributed by atoms with Crippen LogP contribution in [0.15, 0.2) is 34.9 Å². The highest BCUT2D eigenvalue weighted by atomic mass is 32.2. The molecule has 1 saturated heterocycles. The van der Waals surface area contributed by atoms with Gasteiger partial charge >= 0.3 is 0 Å². The van der Waals surface area contributed by atoms with Crippen molar-refractivity contribution in [1.29, 1.82) is 0 Å².